The summed E-state index contributed by atoms with van der Waals surface area (Å²) in [5.74, 6) is -2.38. The molecule has 1 fully saturated rings. The van der Waals surface area contributed by atoms with Crippen molar-refractivity contribution >= 4 is 47.1 Å². The normalized spacial score (nSPS) is 22.1. The lowest BCUT2D eigenvalue weighted by molar-refractivity contribution is -0.151. The van der Waals surface area contributed by atoms with Crippen LogP contribution in [0.15, 0.2) is 52.4 Å². The van der Waals surface area contributed by atoms with Crippen LogP contribution in [-0.2, 0) is 14.4 Å². The molecule has 0 aromatic heterocycles. The van der Waals surface area contributed by atoms with Crippen LogP contribution >= 0.6 is 23.5 Å². The van der Waals surface area contributed by atoms with Gasteiger partial charge in [0.2, 0.25) is 0 Å². The molecule has 2 aliphatic rings. The Balaban J connectivity index is 1.72. The SMILES string of the molecule is N=C(N)/C=C/SC1=C(C(=O)O)N2C(=O)C(NC(=O)[C@H](O)c3ccccc3)[C@H]2SC1. The number of nitrogens with two attached hydrogens (primary N) is 1. The molecule has 0 spiro atoms. The lowest BCUT2D eigenvalue weighted by Gasteiger charge is -2.49. The predicted octanol–water partition coefficient (Wildman–Crippen LogP) is 0.599. The summed E-state index contributed by atoms with van der Waals surface area (Å²) in [5, 5.41) is 30.3. The van der Waals surface area contributed by atoms with Gasteiger partial charge in [0.05, 0.1) is 0 Å². The number of thioether (sulfide) groups is 2. The quantitative estimate of drug-likeness (QED) is 0.237. The highest BCUT2D eigenvalue weighted by Crippen LogP contribution is 2.43. The first-order valence-electron chi connectivity index (χ1n) is 8.43. The van der Waals surface area contributed by atoms with E-state index in [0.29, 0.717) is 16.2 Å². The summed E-state index contributed by atoms with van der Waals surface area (Å²) in [6.45, 7) is 0. The van der Waals surface area contributed by atoms with Crippen molar-refractivity contribution in [3.05, 3.63) is 58.0 Å². The first-order chi connectivity index (χ1) is 13.8. The highest BCUT2D eigenvalue weighted by molar-refractivity contribution is 8.08. The van der Waals surface area contributed by atoms with Crippen LogP contribution in [0.2, 0.25) is 0 Å². The zero-order valence-electron chi connectivity index (χ0n) is 14.9. The molecule has 2 amide bonds. The van der Waals surface area contributed by atoms with Crippen molar-refractivity contribution in [3.8, 4) is 0 Å². The smallest absolute Gasteiger partial charge is 0.353 e. The number of benzene rings is 1. The summed E-state index contributed by atoms with van der Waals surface area (Å²) in [7, 11) is 0. The molecule has 11 heteroatoms. The Morgan fingerprint density at radius 1 is 1.38 bits per heavy atom. The van der Waals surface area contributed by atoms with Gasteiger partial charge in [0.25, 0.3) is 11.8 Å². The largest absolute Gasteiger partial charge is 0.477 e. The summed E-state index contributed by atoms with van der Waals surface area (Å²) in [4.78, 5) is 38.2. The molecule has 1 unspecified atom stereocenters. The Labute approximate surface area is 174 Å². The van der Waals surface area contributed by atoms with E-state index in [9.17, 15) is 24.6 Å². The van der Waals surface area contributed by atoms with Crippen LogP contribution in [0.5, 0.6) is 0 Å². The standard InChI is InChI=1S/C18H18N4O5S2/c19-11(20)6-7-28-10-8-29-17-12(16(25)22(17)13(10)18(26)27)21-15(24)14(23)9-4-2-1-3-5-9/h1-7,12,14,17,23H,8H2,(H3,19,20)(H,21,24)(H,26,27)/b7-6+/t12?,14-,17-/m1/s1. The molecule has 152 valence electrons. The number of rotatable bonds is 7. The molecular formula is C18H18N4O5S2. The Bertz CT molecular complexity index is 918. The molecule has 0 saturated carbocycles. The highest BCUT2D eigenvalue weighted by atomic mass is 32.2. The lowest BCUT2D eigenvalue weighted by Crippen LogP contribution is -2.70. The van der Waals surface area contributed by atoms with Crippen molar-refractivity contribution in [2.75, 3.05) is 5.75 Å². The third kappa shape index (κ3) is 4.31. The predicted molar refractivity (Wildman–Crippen MR) is 110 cm³/mol. The van der Waals surface area contributed by atoms with Crippen LogP contribution in [-0.4, -0.2) is 55.9 Å². The summed E-state index contributed by atoms with van der Waals surface area (Å²) in [6, 6.07) is 7.39. The zero-order valence-corrected chi connectivity index (χ0v) is 16.6. The molecule has 1 saturated heterocycles. The third-order valence-electron chi connectivity index (χ3n) is 4.26. The average Bonchev–Trinajstić information content (AvgIpc) is 2.70. The second kappa shape index (κ2) is 8.72. The van der Waals surface area contributed by atoms with E-state index in [0.717, 1.165) is 16.7 Å². The molecule has 29 heavy (non-hydrogen) atoms. The molecule has 9 nitrogen and oxygen atoms in total. The fourth-order valence-electron chi connectivity index (χ4n) is 2.89. The number of carbonyl (C=O) groups is 3. The first kappa shape index (κ1) is 21.0. The number of fused-ring (bicyclic) bond motifs is 1. The Morgan fingerprint density at radius 2 is 2.07 bits per heavy atom. The monoisotopic (exact) mass is 434 g/mol. The molecule has 1 aromatic carbocycles. The van der Waals surface area contributed by atoms with Crippen molar-refractivity contribution < 1.29 is 24.6 Å². The minimum atomic E-state index is -1.43. The maximum Gasteiger partial charge on any atom is 0.353 e. The molecule has 3 atom stereocenters. The summed E-state index contributed by atoms with van der Waals surface area (Å²) >= 11 is 2.39. The third-order valence-corrected chi connectivity index (χ3v) is 6.61. The van der Waals surface area contributed by atoms with Crippen LogP contribution in [0.25, 0.3) is 0 Å². The van der Waals surface area contributed by atoms with Gasteiger partial charge in [0.15, 0.2) is 6.10 Å². The molecule has 2 heterocycles. The van der Waals surface area contributed by atoms with Gasteiger partial charge >= 0.3 is 5.97 Å². The molecule has 0 radical (unpaired) electrons. The van der Waals surface area contributed by atoms with Crippen molar-refractivity contribution in [1.82, 2.24) is 10.2 Å². The second-order valence-corrected chi connectivity index (χ2v) is 8.27. The molecule has 1 aromatic rings. The van der Waals surface area contributed by atoms with E-state index < -0.39 is 35.3 Å². The van der Waals surface area contributed by atoms with Gasteiger partial charge in [-0.05, 0) is 17.0 Å². The number of aliphatic hydroxyl groups excluding tert-OH is 1. The van der Waals surface area contributed by atoms with Crippen LogP contribution in [0, 0.1) is 5.41 Å². The van der Waals surface area contributed by atoms with Gasteiger partial charge in [0.1, 0.15) is 22.9 Å². The fraction of sp³-hybridized carbons (Fsp3) is 0.222. The number of carboxylic acid groups (broad SMARTS) is 1. The van der Waals surface area contributed by atoms with Crippen molar-refractivity contribution in [3.63, 3.8) is 0 Å². The number of nitrogens with zero attached hydrogens (tertiary/aromatic N) is 1. The number of carboxylic acids is 1. The zero-order chi connectivity index (χ0) is 21.1. The fourth-order valence-corrected chi connectivity index (χ4v) is 5.24. The van der Waals surface area contributed by atoms with Crippen LogP contribution in [0.1, 0.15) is 11.7 Å². The van der Waals surface area contributed by atoms with E-state index in [1.165, 1.54) is 23.2 Å². The number of carbonyl (C=O) groups excluding carboxylic acids is 2. The minimum Gasteiger partial charge on any atom is -0.477 e. The summed E-state index contributed by atoms with van der Waals surface area (Å²) in [5.41, 5.74) is 5.48. The number of β-lactam (4-membered cyclic amide) rings is 1. The van der Waals surface area contributed by atoms with Crippen molar-refractivity contribution in [2.45, 2.75) is 17.5 Å². The van der Waals surface area contributed by atoms with Gasteiger partial charge in [-0.2, -0.15) is 0 Å². The van der Waals surface area contributed by atoms with E-state index in [2.05, 4.69) is 5.32 Å². The number of aliphatic hydroxyl groups is 1. The highest BCUT2D eigenvalue weighted by Gasteiger charge is 2.54. The van der Waals surface area contributed by atoms with E-state index in [-0.39, 0.29) is 11.5 Å². The molecule has 0 bridgehead atoms. The van der Waals surface area contributed by atoms with Gasteiger partial charge < -0.3 is 21.3 Å². The van der Waals surface area contributed by atoms with E-state index in [1.807, 2.05) is 0 Å². The molecule has 6 N–H and O–H groups in total. The number of aliphatic carboxylic acids is 1. The van der Waals surface area contributed by atoms with Gasteiger partial charge in [-0.1, -0.05) is 42.1 Å². The van der Waals surface area contributed by atoms with E-state index in [4.69, 9.17) is 11.1 Å². The molecular weight excluding hydrogens is 416 g/mol. The second-order valence-electron chi connectivity index (χ2n) is 6.16. The number of amidine groups is 1. The van der Waals surface area contributed by atoms with Gasteiger partial charge in [-0.3, -0.25) is 19.9 Å². The maximum atomic E-state index is 12.6. The Kier molecular flexibility index (Phi) is 6.30. The number of nitrogens with one attached hydrogen (secondary N) is 2. The Morgan fingerprint density at radius 3 is 2.69 bits per heavy atom. The van der Waals surface area contributed by atoms with E-state index >= 15 is 0 Å². The molecule has 2 aliphatic heterocycles. The minimum absolute atomic E-state index is 0.147. The first-order valence-corrected chi connectivity index (χ1v) is 10.4. The van der Waals surface area contributed by atoms with Crippen LogP contribution in [0.3, 0.4) is 0 Å². The number of hydrogen-bond acceptors (Lipinski definition) is 7. The number of hydrogen-bond donors (Lipinski definition) is 5. The van der Waals surface area contributed by atoms with Gasteiger partial charge in [-0.25, -0.2) is 4.79 Å². The summed E-state index contributed by atoms with van der Waals surface area (Å²) in [6.07, 6.45) is -0.108. The molecule has 0 aliphatic carbocycles. The lowest BCUT2D eigenvalue weighted by atomic mass is 10.0. The van der Waals surface area contributed by atoms with Crippen molar-refractivity contribution in [1.29, 1.82) is 5.41 Å². The Hall–Kier alpha value is -2.76. The van der Waals surface area contributed by atoms with Crippen LogP contribution in [0.4, 0.5) is 0 Å². The van der Waals surface area contributed by atoms with Gasteiger partial charge in [-0.15, -0.1) is 11.8 Å². The topological polar surface area (TPSA) is 157 Å². The maximum absolute atomic E-state index is 12.6. The van der Waals surface area contributed by atoms with Crippen molar-refractivity contribution in [2.24, 2.45) is 5.73 Å². The van der Waals surface area contributed by atoms with Crippen LogP contribution < -0.4 is 11.1 Å². The number of amides is 2. The van der Waals surface area contributed by atoms with Gasteiger partial charge in [0, 0.05) is 10.7 Å². The average molecular weight is 434 g/mol. The molecule has 3 rings (SSSR count). The van der Waals surface area contributed by atoms with E-state index in [1.54, 1.807) is 30.3 Å². The summed E-state index contributed by atoms with van der Waals surface area (Å²) < 4.78 is 0.